The summed E-state index contributed by atoms with van der Waals surface area (Å²) in [7, 11) is 1.65. The highest BCUT2D eigenvalue weighted by atomic mass is 35.5. The first-order chi connectivity index (χ1) is 7.27. The Labute approximate surface area is 96.6 Å². The van der Waals surface area contributed by atoms with E-state index in [4.69, 9.17) is 16.3 Å². The number of hydrogen-bond donors (Lipinski definition) is 1. The molecule has 0 unspecified atom stereocenters. The summed E-state index contributed by atoms with van der Waals surface area (Å²) < 4.78 is 5.10. The van der Waals surface area contributed by atoms with Crippen molar-refractivity contribution >= 4 is 11.6 Å². The molecule has 1 aromatic carbocycles. The van der Waals surface area contributed by atoms with Crippen molar-refractivity contribution in [2.24, 2.45) is 0 Å². The monoisotopic (exact) mass is 227 g/mol. The van der Waals surface area contributed by atoms with Gasteiger partial charge in [0.1, 0.15) is 5.75 Å². The average Bonchev–Trinajstić information content (AvgIpc) is 2.26. The summed E-state index contributed by atoms with van der Waals surface area (Å²) >= 11 is 6.12. The molecule has 84 valence electrons. The van der Waals surface area contributed by atoms with Gasteiger partial charge in [-0.1, -0.05) is 24.6 Å². The molecule has 3 heteroatoms. The molecule has 0 bridgehead atoms. The van der Waals surface area contributed by atoms with Gasteiger partial charge in [0.25, 0.3) is 0 Å². The van der Waals surface area contributed by atoms with Gasteiger partial charge in [0.2, 0.25) is 0 Å². The first kappa shape index (κ1) is 12.3. The lowest BCUT2D eigenvalue weighted by Gasteiger charge is -2.06. The zero-order valence-corrected chi connectivity index (χ0v) is 10.1. The number of rotatable bonds is 6. The molecule has 1 aromatic rings. The third-order valence-corrected chi connectivity index (χ3v) is 2.66. The fourth-order valence-corrected chi connectivity index (χ4v) is 1.70. The van der Waals surface area contributed by atoms with Crippen LogP contribution in [-0.4, -0.2) is 20.2 Å². The van der Waals surface area contributed by atoms with Crippen molar-refractivity contribution in [2.45, 2.75) is 19.8 Å². The highest BCUT2D eigenvalue weighted by Gasteiger charge is 2.01. The molecule has 2 nitrogen and oxygen atoms in total. The smallest absolute Gasteiger partial charge is 0.120 e. The zero-order valence-electron chi connectivity index (χ0n) is 9.35. The van der Waals surface area contributed by atoms with E-state index in [2.05, 4.69) is 12.2 Å². The molecular formula is C12H18ClNO. The van der Waals surface area contributed by atoms with E-state index in [1.54, 1.807) is 7.11 Å². The largest absolute Gasteiger partial charge is 0.497 e. The van der Waals surface area contributed by atoms with E-state index in [-0.39, 0.29) is 0 Å². The molecule has 0 atom stereocenters. The van der Waals surface area contributed by atoms with E-state index < -0.39 is 0 Å². The van der Waals surface area contributed by atoms with E-state index in [9.17, 15) is 0 Å². The van der Waals surface area contributed by atoms with Crippen LogP contribution in [0.15, 0.2) is 18.2 Å². The van der Waals surface area contributed by atoms with E-state index in [0.29, 0.717) is 0 Å². The predicted octanol–water partition coefficient (Wildman–Crippen LogP) is 2.89. The van der Waals surface area contributed by atoms with Crippen molar-refractivity contribution in [3.8, 4) is 5.75 Å². The molecule has 15 heavy (non-hydrogen) atoms. The number of nitrogens with one attached hydrogen (secondary N) is 1. The Bertz CT molecular complexity index is 302. The van der Waals surface area contributed by atoms with E-state index >= 15 is 0 Å². The second-order valence-corrected chi connectivity index (χ2v) is 3.82. The van der Waals surface area contributed by atoms with Crippen LogP contribution < -0.4 is 10.1 Å². The molecule has 0 radical (unpaired) electrons. The van der Waals surface area contributed by atoms with Gasteiger partial charge in [-0.15, -0.1) is 0 Å². The molecule has 0 fully saturated rings. The van der Waals surface area contributed by atoms with Crippen LogP contribution in [0.2, 0.25) is 5.02 Å². The van der Waals surface area contributed by atoms with Crippen molar-refractivity contribution in [3.63, 3.8) is 0 Å². The predicted molar refractivity (Wildman–Crippen MR) is 64.9 cm³/mol. The summed E-state index contributed by atoms with van der Waals surface area (Å²) in [5.74, 6) is 0.815. The topological polar surface area (TPSA) is 21.3 Å². The van der Waals surface area contributed by atoms with Crippen molar-refractivity contribution in [1.82, 2.24) is 5.32 Å². The zero-order chi connectivity index (χ0) is 11.1. The molecule has 0 aromatic heterocycles. The Morgan fingerprint density at radius 3 is 2.80 bits per heavy atom. The van der Waals surface area contributed by atoms with Gasteiger partial charge in [0.05, 0.1) is 7.11 Å². The van der Waals surface area contributed by atoms with Crippen molar-refractivity contribution in [1.29, 1.82) is 0 Å². The highest BCUT2D eigenvalue weighted by molar-refractivity contribution is 6.31. The number of ether oxygens (including phenoxy) is 1. The van der Waals surface area contributed by atoms with Crippen LogP contribution in [0.4, 0.5) is 0 Å². The first-order valence-corrected chi connectivity index (χ1v) is 5.69. The molecule has 1 rings (SSSR count). The summed E-state index contributed by atoms with van der Waals surface area (Å²) in [5, 5.41) is 4.09. The maximum Gasteiger partial charge on any atom is 0.120 e. The number of halogens is 1. The lowest BCUT2D eigenvalue weighted by molar-refractivity contribution is 0.414. The van der Waals surface area contributed by atoms with Crippen LogP contribution in [0.1, 0.15) is 18.9 Å². The molecule has 0 spiro atoms. The normalized spacial score (nSPS) is 10.3. The van der Waals surface area contributed by atoms with Crippen LogP contribution in [-0.2, 0) is 6.42 Å². The minimum absolute atomic E-state index is 0.797. The van der Waals surface area contributed by atoms with Crippen molar-refractivity contribution in [2.75, 3.05) is 20.2 Å². The maximum absolute atomic E-state index is 6.12. The molecule has 1 N–H and O–H groups in total. The maximum atomic E-state index is 6.12. The molecule has 0 saturated heterocycles. The summed E-state index contributed by atoms with van der Waals surface area (Å²) in [5.41, 5.74) is 1.19. The van der Waals surface area contributed by atoms with Gasteiger partial charge in [0, 0.05) is 5.02 Å². The summed E-state index contributed by atoms with van der Waals surface area (Å²) in [6.07, 6.45) is 2.12. The quantitative estimate of drug-likeness (QED) is 0.755. The fraction of sp³-hybridized carbons (Fsp3) is 0.500. The third kappa shape index (κ3) is 4.10. The van der Waals surface area contributed by atoms with Gasteiger partial charge >= 0.3 is 0 Å². The summed E-state index contributed by atoms with van der Waals surface area (Å²) in [4.78, 5) is 0. The number of aryl methyl sites for hydroxylation is 1. The Morgan fingerprint density at radius 1 is 1.40 bits per heavy atom. The van der Waals surface area contributed by atoms with Crippen LogP contribution in [0.5, 0.6) is 5.75 Å². The first-order valence-electron chi connectivity index (χ1n) is 5.31. The molecule has 0 aliphatic rings. The molecule has 0 amide bonds. The molecule has 0 saturated carbocycles. The highest BCUT2D eigenvalue weighted by Crippen LogP contribution is 2.23. The Morgan fingerprint density at radius 2 is 2.20 bits per heavy atom. The van der Waals surface area contributed by atoms with Crippen molar-refractivity contribution < 1.29 is 4.74 Å². The van der Waals surface area contributed by atoms with Crippen molar-refractivity contribution in [3.05, 3.63) is 28.8 Å². The Hall–Kier alpha value is -0.730. The van der Waals surface area contributed by atoms with E-state index in [1.807, 2.05) is 18.2 Å². The van der Waals surface area contributed by atoms with E-state index in [0.717, 1.165) is 36.7 Å². The van der Waals surface area contributed by atoms with Gasteiger partial charge in [0.15, 0.2) is 0 Å². The fourth-order valence-electron chi connectivity index (χ4n) is 1.44. The van der Waals surface area contributed by atoms with Gasteiger partial charge < -0.3 is 10.1 Å². The van der Waals surface area contributed by atoms with E-state index in [1.165, 1.54) is 5.56 Å². The number of methoxy groups -OCH3 is 1. The Kier molecular flexibility index (Phi) is 5.51. The average molecular weight is 228 g/mol. The second-order valence-electron chi connectivity index (χ2n) is 3.41. The third-order valence-electron chi connectivity index (χ3n) is 2.31. The molecule has 0 heterocycles. The van der Waals surface area contributed by atoms with Gasteiger partial charge in [-0.2, -0.15) is 0 Å². The summed E-state index contributed by atoms with van der Waals surface area (Å²) in [6.45, 7) is 4.18. The van der Waals surface area contributed by atoms with Crippen LogP contribution in [0.25, 0.3) is 0 Å². The molecule has 0 aliphatic carbocycles. The molecular weight excluding hydrogens is 210 g/mol. The van der Waals surface area contributed by atoms with Crippen LogP contribution >= 0.6 is 11.6 Å². The second kappa shape index (κ2) is 6.70. The van der Waals surface area contributed by atoms with Gasteiger partial charge in [-0.05, 0) is 43.6 Å². The van der Waals surface area contributed by atoms with Gasteiger partial charge in [-0.3, -0.25) is 0 Å². The number of benzene rings is 1. The Balaban J connectivity index is 2.47. The lowest BCUT2D eigenvalue weighted by Crippen LogP contribution is -2.14. The van der Waals surface area contributed by atoms with Gasteiger partial charge in [-0.25, -0.2) is 0 Å². The minimum atomic E-state index is 0.797. The lowest BCUT2D eigenvalue weighted by atomic mass is 10.1. The number of hydrogen-bond acceptors (Lipinski definition) is 2. The minimum Gasteiger partial charge on any atom is -0.497 e. The molecule has 0 aliphatic heterocycles. The summed E-state index contributed by atoms with van der Waals surface area (Å²) in [6, 6.07) is 5.85. The van der Waals surface area contributed by atoms with Crippen LogP contribution in [0.3, 0.4) is 0 Å². The standard InChI is InChI=1S/C12H18ClNO/c1-3-14-8-4-5-10-6-7-11(15-2)9-12(10)13/h6-7,9,14H,3-5,8H2,1-2H3. The van der Waals surface area contributed by atoms with Crippen LogP contribution in [0, 0.1) is 0 Å². The SMILES string of the molecule is CCNCCCc1ccc(OC)cc1Cl.